The van der Waals surface area contributed by atoms with E-state index in [4.69, 9.17) is 9.15 Å². The molecular weight excluding hydrogens is 414 g/mol. The molecule has 2 bridgehead atoms. The third-order valence-electron chi connectivity index (χ3n) is 5.25. The Morgan fingerprint density at radius 2 is 2.07 bits per heavy atom. The molecule has 30 heavy (non-hydrogen) atoms. The SMILES string of the molecule is CC(C)(O)CC(F)(F)Oc1ccc(-c2nccs2)c2oc(N3CC4CC(C3)N4)nc12. The standard InChI is InChI=1S/C20H22F2N4O3S/c1-19(2,27)10-20(21,22)29-14-4-3-13(17-23-5-6-30-17)16-15(14)25-18(28-16)26-8-11-7-12(9-26)24-11/h3-6,11-12,24,27H,7-10H2,1-2H3. The van der Waals surface area contributed by atoms with E-state index in [1.54, 1.807) is 12.3 Å². The van der Waals surface area contributed by atoms with Crippen LogP contribution in [-0.4, -0.2) is 52.0 Å². The Labute approximate surface area is 175 Å². The van der Waals surface area contributed by atoms with Crippen LogP contribution in [0.4, 0.5) is 14.8 Å². The Bertz CT molecular complexity index is 1050. The minimum Gasteiger partial charge on any atom is -0.430 e. The van der Waals surface area contributed by atoms with Gasteiger partial charge in [0, 0.05) is 36.8 Å². The molecule has 0 spiro atoms. The predicted molar refractivity (Wildman–Crippen MR) is 109 cm³/mol. The summed E-state index contributed by atoms with van der Waals surface area (Å²) in [5, 5.41) is 15.8. The number of fused-ring (bicyclic) bond motifs is 3. The quantitative estimate of drug-likeness (QED) is 0.610. The highest BCUT2D eigenvalue weighted by Gasteiger charge is 2.40. The fourth-order valence-electron chi connectivity index (χ4n) is 4.08. The third kappa shape index (κ3) is 3.75. The molecule has 2 N–H and O–H groups in total. The number of nitrogens with one attached hydrogen (secondary N) is 1. The van der Waals surface area contributed by atoms with Gasteiger partial charge in [-0.25, -0.2) is 4.98 Å². The fourth-order valence-corrected chi connectivity index (χ4v) is 4.74. The maximum Gasteiger partial charge on any atom is 0.400 e. The summed E-state index contributed by atoms with van der Waals surface area (Å²) < 4.78 is 40.0. The van der Waals surface area contributed by atoms with Gasteiger partial charge in [-0.15, -0.1) is 11.3 Å². The monoisotopic (exact) mass is 436 g/mol. The first-order chi connectivity index (χ1) is 14.2. The molecule has 7 nitrogen and oxygen atoms in total. The van der Waals surface area contributed by atoms with E-state index in [1.807, 2.05) is 10.3 Å². The predicted octanol–water partition coefficient (Wildman–Crippen LogP) is 3.63. The second kappa shape index (κ2) is 6.86. The molecular formula is C20H22F2N4O3S. The molecule has 2 atom stereocenters. The number of anilines is 1. The maximum atomic E-state index is 14.5. The van der Waals surface area contributed by atoms with E-state index >= 15 is 0 Å². The molecule has 2 aromatic heterocycles. The average Bonchev–Trinajstić information content (AvgIpc) is 3.29. The lowest BCUT2D eigenvalue weighted by molar-refractivity contribution is -0.206. The normalized spacial score (nSPS) is 21.7. The van der Waals surface area contributed by atoms with Crippen LogP contribution < -0.4 is 15.0 Å². The van der Waals surface area contributed by atoms with Crippen LogP contribution in [0.3, 0.4) is 0 Å². The molecule has 3 aliphatic heterocycles. The van der Waals surface area contributed by atoms with Gasteiger partial charge >= 0.3 is 6.11 Å². The zero-order chi connectivity index (χ0) is 21.1. The molecule has 3 saturated heterocycles. The van der Waals surface area contributed by atoms with Crippen LogP contribution in [-0.2, 0) is 0 Å². The lowest BCUT2D eigenvalue weighted by atomic mass is 9.92. The molecule has 6 rings (SSSR count). The van der Waals surface area contributed by atoms with Gasteiger partial charge in [0.15, 0.2) is 16.8 Å². The number of piperidine rings is 1. The zero-order valence-electron chi connectivity index (χ0n) is 16.6. The van der Waals surface area contributed by atoms with E-state index in [1.165, 1.54) is 31.3 Å². The highest BCUT2D eigenvalue weighted by atomic mass is 32.1. The van der Waals surface area contributed by atoms with Crippen LogP contribution in [0.1, 0.15) is 26.7 Å². The second-order valence-corrected chi connectivity index (χ2v) is 9.45. The molecule has 3 fully saturated rings. The smallest absolute Gasteiger partial charge is 0.400 e. The summed E-state index contributed by atoms with van der Waals surface area (Å²) in [6, 6.07) is 4.29. The summed E-state index contributed by atoms with van der Waals surface area (Å²) >= 11 is 1.43. The number of aliphatic hydroxyl groups is 1. The van der Waals surface area contributed by atoms with Crippen LogP contribution in [0.15, 0.2) is 28.1 Å². The van der Waals surface area contributed by atoms with Crippen molar-refractivity contribution in [2.24, 2.45) is 0 Å². The number of aromatic nitrogens is 2. The van der Waals surface area contributed by atoms with Gasteiger partial charge in [0.1, 0.15) is 5.01 Å². The van der Waals surface area contributed by atoms with Gasteiger partial charge < -0.3 is 24.5 Å². The van der Waals surface area contributed by atoms with E-state index < -0.39 is 18.1 Å². The summed E-state index contributed by atoms with van der Waals surface area (Å²) in [5.74, 6) is -0.0881. The van der Waals surface area contributed by atoms with Gasteiger partial charge in [0.05, 0.1) is 17.6 Å². The van der Waals surface area contributed by atoms with Gasteiger partial charge in [0.25, 0.3) is 6.01 Å². The molecule has 2 unspecified atom stereocenters. The largest absolute Gasteiger partial charge is 0.430 e. The van der Waals surface area contributed by atoms with E-state index in [0.29, 0.717) is 34.3 Å². The first kappa shape index (κ1) is 19.7. The molecule has 0 amide bonds. The number of rotatable bonds is 6. The minimum absolute atomic E-state index is 0.0881. The third-order valence-corrected chi connectivity index (χ3v) is 6.05. The molecule has 160 valence electrons. The van der Waals surface area contributed by atoms with Crippen molar-refractivity contribution in [3.63, 3.8) is 0 Å². The number of benzene rings is 1. The van der Waals surface area contributed by atoms with Crippen molar-refractivity contribution >= 4 is 28.5 Å². The number of oxazole rings is 1. The number of ether oxygens (including phenoxy) is 1. The Kier molecular flexibility index (Phi) is 4.49. The number of nitrogens with zero attached hydrogens (tertiary/aromatic N) is 3. The topological polar surface area (TPSA) is 83.7 Å². The maximum absolute atomic E-state index is 14.5. The number of thiazole rings is 1. The van der Waals surface area contributed by atoms with Crippen LogP contribution >= 0.6 is 11.3 Å². The summed E-state index contributed by atoms with van der Waals surface area (Å²) in [4.78, 5) is 10.9. The number of alkyl halides is 2. The van der Waals surface area contributed by atoms with E-state index in [2.05, 4.69) is 15.3 Å². The lowest BCUT2D eigenvalue weighted by Gasteiger charge is -2.47. The average molecular weight is 436 g/mol. The van der Waals surface area contributed by atoms with Crippen LogP contribution in [0.2, 0.25) is 0 Å². The van der Waals surface area contributed by atoms with Crippen LogP contribution in [0.5, 0.6) is 5.75 Å². The van der Waals surface area contributed by atoms with E-state index in [-0.39, 0.29) is 11.3 Å². The van der Waals surface area contributed by atoms with Crippen LogP contribution in [0.25, 0.3) is 21.7 Å². The zero-order valence-corrected chi connectivity index (χ0v) is 17.4. The van der Waals surface area contributed by atoms with Crippen molar-refractivity contribution in [3.05, 3.63) is 23.7 Å². The highest BCUT2D eigenvalue weighted by molar-refractivity contribution is 7.13. The van der Waals surface area contributed by atoms with Gasteiger partial charge in [-0.3, -0.25) is 0 Å². The molecule has 3 aromatic rings. The van der Waals surface area contributed by atoms with Crippen molar-refractivity contribution < 1.29 is 23.0 Å². The summed E-state index contributed by atoms with van der Waals surface area (Å²) in [6.45, 7) is 4.13. The van der Waals surface area contributed by atoms with Crippen molar-refractivity contribution in [2.75, 3.05) is 18.0 Å². The van der Waals surface area contributed by atoms with Crippen LogP contribution in [0, 0.1) is 0 Å². The van der Waals surface area contributed by atoms with Crippen molar-refractivity contribution in [3.8, 4) is 16.3 Å². The Hall–Kier alpha value is -2.30. The number of piperazine rings is 1. The van der Waals surface area contributed by atoms with Crippen molar-refractivity contribution in [1.82, 2.24) is 15.3 Å². The second-order valence-electron chi connectivity index (χ2n) is 8.55. The van der Waals surface area contributed by atoms with Gasteiger partial charge in [-0.1, -0.05) is 0 Å². The Morgan fingerprint density at radius 3 is 2.70 bits per heavy atom. The molecule has 0 aliphatic carbocycles. The first-order valence-corrected chi connectivity index (χ1v) is 10.7. The van der Waals surface area contributed by atoms with Gasteiger partial charge in [-0.2, -0.15) is 13.8 Å². The van der Waals surface area contributed by atoms with Crippen molar-refractivity contribution in [2.45, 2.75) is 50.5 Å². The van der Waals surface area contributed by atoms with Crippen molar-refractivity contribution in [1.29, 1.82) is 0 Å². The number of halogens is 2. The van der Waals surface area contributed by atoms with E-state index in [0.717, 1.165) is 19.5 Å². The molecule has 5 heterocycles. The van der Waals surface area contributed by atoms with E-state index in [9.17, 15) is 13.9 Å². The molecule has 1 aromatic carbocycles. The minimum atomic E-state index is -3.57. The summed E-state index contributed by atoms with van der Waals surface area (Å²) in [6.07, 6.45) is -1.61. The number of hydrogen-bond acceptors (Lipinski definition) is 8. The summed E-state index contributed by atoms with van der Waals surface area (Å²) in [5.41, 5.74) is -0.318. The Morgan fingerprint density at radius 1 is 1.33 bits per heavy atom. The first-order valence-electron chi connectivity index (χ1n) is 9.80. The summed E-state index contributed by atoms with van der Waals surface area (Å²) in [7, 11) is 0. The highest BCUT2D eigenvalue weighted by Crippen LogP contribution is 2.41. The molecule has 3 aliphatic rings. The molecule has 0 saturated carbocycles. The molecule has 0 radical (unpaired) electrons. The lowest BCUT2D eigenvalue weighted by Crippen LogP contribution is -2.67. The van der Waals surface area contributed by atoms with Gasteiger partial charge in [-0.05, 0) is 32.4 Å². The fraction of sp³-hybridized carbons (Fsp3) is 0.500. The Balaban J connectivity index is 1.55. The molecule has 10 heteroatoms. The number of hydrogen-bond donors (Lipinski definition) is 2. The van der Waals surface area contributed by atoms with Gasteiger partial charge in [0.2, 0.25) is 0 Å².